The van der Waals surface area contributed by atoms with Crippen LogP contribution in [-0.2, 0) is 6.54 Å². The molecule has 0 aliphatic carbocycles. The van der Waals surface area contributed by atoms with E-state index in [9.17, 15) is 0 Å². The summed E-state index contributed by atoms with van der Waals surface area (Å²) in [6.07, 6.45) is 0. The number of nitrogens with one attached hydrogen (secondary N) is 2. The van der Waals surface area contributed by atoms with Gasteiger partial charge < -0.3 is 15.1 Å². The van der Waals surface area contributed by atoms with Crippen molar-refractivity contribution in [2.24, 2.45) is 0 Å². The summed E-state index contributed by atoms with van der Waals surface area (Å²) in [5, 5.41) is 14.5. The molecule has 2 N–H and O–H groups in total. The lowest BCUT2D eigenvalue weighted by atomic mass is 10.1. The van der Waals surface area contributed by atoms with Crippen molar-refractivity contribution in [1.82, 2.24) is 15.5 Å². The van der Waals surface area contributed by atoms with Crippen molar-refractivity contribution in [2.75, 3.05) is 5.32 Å². The molecule has 1 atom stereocenters. The highest BCUT2D eigenvalue weighted by atomic mass is 35.5. The molecular formula is C13H19ClN4OS. The molecule has 0 fully saturated rings. The number of anilines is 1. The van der Waals surface area contributed by atoms with Gasteiger partial charge in [-0.2, -0.15) is 0 Å². The van der Waals surface area contributed by atoms with E-state index >= 15 is 0 Å². The first-order valence-electron chi connectivity index (χ1n) is 6.43. The van der Waals surface area contributed by atoms with Crippen molar-refractivity contribution in [1.29, 1.82) is 0 Å². The average Bonchev–Trinajstić information content (AvgIpc) is 2.95. The van der Waals surface area contributed by atoms with Crippen LogP contribution in [0.25, 0.3) is 0 Å². The quantitative estimate of drug-likeness (QED) is 0.877. The first kappa shape index (κ1) is 15.3. The van der Waals surface area contributed by atoms with E-state index < -0.39 is 0 Å². The van der Waals surface area contributed by atoms with Gasteiger partial charge in [0.1, 0.15) is 0 Å². The number of halogens is 1. The number of aromatic nitrogens is 2. The second-order valence-corrected chi connectivity index (χ2v) is 7.36. The standard InChI is InChI=1S/C13H19ClN4OS/c1-8(9-5-6-10(14)20-9)16-12-18-17-11(19-12)7-15-13(2,3)4/h5-6,8,15H,7H2,1-4H3,(H,16,18). The zero-order valence-electron chi connectivity index (χ0n) is 12.0. The maximum Gasteiger partial charge on any atom is 0.316 e. The van der Waals surface area contributed by atoms with E-state index in [1.54, 1.807) is 0 Å². The summed E-state index contributed by atoms with van der Waals surface area (Å²) in [5.74, 6) is 0.568. The molecule has 0 spiro atoms. The molecule has 0 amide bonds. The van der Waals surface area contributed by atoms with Crippen LogP contribution in [0.4, 0.5) is 6.01 Å². The molecule has 0 aliphatic heterocycles. The highest BCUT2D eigenvalue weighted by Crippen LogP contribution is 2.28. The minimum Gasteiger partial charge on any atom is -0.407 e. The highest BCUT2D eigenvalue weighted by molar-refractivity contribution is 7.16. The monoisotopic (exact) mass is 314 g/mol. The molecule has 110 valence electrons. The third kappa shape index (κ3) is 4.47. The van der Waals surface area contributed by atoms with Gasteiger partial charge in [0, 0.05) is 10.4 Å². The molecule has 0 bridgehead atoms. The Morgan fingerprint density at radius 1 is 1.35 bits per heavy atom. The molecule has 1 unspecified atom stereocenters. The maximum absolute atomic E-state index is 5.93. The number of hydrogen-bond acceptors (Lipinski definition) is 6. The van der Waals surface area contributed by atoms with Crippen LogP contribution in [0.15, 0.2) is 16.5 Å². The SMILES string of the molecule is CC(Nc1nnc(CNC(C)(C)C)o1)c1ccc(Cl)s1. The Balaban J connectivity index is 1.92. The predicted octanol–water partition coefficient (Wildman–Crippen LogP) is 3.85. The largest absolute Gasteiger partial charge is 0.407 e. The third-order valence-corrected chi connectivity index (χ3v) is 4.01. The van der Waals surface area contributed by atoms with Crippen LogP contribution in [-0.4, -0.2) is 15.7 Å². The normalized spacial score (nSPS) is 13.4. The summed E-state index contributed by atoms with van der Waals surface area (Å²) in [4.78, 5) is 1.13. The Kier molecular flexibility index (Phi) is 4.67. The molecule has 2 aromatic rings. The molecular weight excluding hydrogens is 296 g/mol. The number of rotatable bonds is 5. The summed E-state index contributed by atoms with van der Waals surface area (Å²) >= 11 is 7.46. The van der Waals surface area contributed by atoms with Gasteiger partial charge in [-0.1, -0.05) is 16.7 Å². The smallest absolute Gasteiger partial charge is 0.316 e. The van der Waals surface area contributed by atoms with Crippen LogP contribution in [0.2, 0.25) is 4.34 Å². The summed E-state index contributed by atoms with van der Waals surface area (Å²) < 4.78 is 6.33. The summed E-state index contributed by atoms with van der Waals surface area (Å²) in [6, 6.07) is 4.37. The lowest BCUT2D eigenvalue weighted by molar-refractivity contribution is 0.383. The Morgan fingerprint density at radius 2 is 2.10 bits per heavy atom. The average molecular weight is 315 g/mol. The fourth-order valence-corrected chi connectivity index (χ4v) is 2.60. The van der Waals surface area contributed by atoms with Gasteiger partial charge in [-0.05, 0) is 39.8 Å². The van der Waals surface area contributed by atoms with Gasteiger partial charge in [-0.15, -0.1) is 16.4 Å². The van der Waals surface area contributed by atoms with Crippen LogP contribution in [0.5, 0.6) is 0 Å². The van der Waals surface area contributed by atoms with Gasteiger partial charge in [-0.25, -0.2) is 0 Å². The van der Waals surface area contributed by atoms with Crippen LogP contribution < -0.4 is 10.6 Å². The fourth-order valence-electron chi connectivity index (χ4n) is 1.54. The molecule has 2 rings (SSSR count). The van der Waals surface area contributed by atoms with Gasteiger partial charge >= 0.3 is 6.01 Å². The van der Waals surface area contributed by atoms with E-state index in [1.165, 1.54) is 11.3 Å². The van der Waals surface area contributed by atoms with E-state index in [2.05, 4.69) is 41.6 Å². The van der Waals surface area contributed by atoms with Crippen molar-refractivity contribution < 1.29 is 4.42 Å². The molecule has 5 nitrogen and oxygen atoms in total. The van der Waals surface area contributed by atoms with E-state index in [4.69, 9.17) is 16.0 Å². The molecule has 0 radical (unpaired) electrons. The van der Waals surface area contributed by atoms with Crippen molar-refractivity contribution in [2.45, 2.75) is 45.8 Å². The second-order valence-electron chi connectivity index (χ2n) is 5.61. The summed E-state index contributed by atoms with van der Waals surface area (Å²) in [7, 11) is 0. The van der Waals surface area contributed by atoms with Crippen LogP contribution in [0, 0.1) is 0 Å². The minimum absolute atomic E-state index is 0.0169. The summed E-state index contributed by atoms with van der Waals surface area (Å²) in [5.41, 5.74) is 0.0169. The molecule has 20 heavy (non-hydrogen) atoms. The third-order valence-electron chi connectivity index (χ3n) is 2.60. The van der Waals surface area contributed by atoms with Crippen molar-refractivity contribution in [3.8, 4) is 0 Å². The topological polar surface area (TPSA) is 63.0 Å². The van der Waals surface area contributed by atoms with E-state index in [1.807, 2.05) is 19.1 Å². The lowest BCUT2D eigenvalue weighted by Crippen LogP contribution is -2.35. The van der Waals surface area contributed by atoms with Crippen LogP contribution in [0.3, 0.4) is 0 Å². The molecule has 0 saturated carbocycles. The van der Waals surface area contributed by atoms with Gasteiger partial charge in [0.25, 0.3) is 0 Å². The van der Waals surface area contributed by atoms with Gasteiger partial charge in [0.2, 0.25) is 5.89 Å². The van der Waals surface area contributed by atoms with Crippen molar-refractivity contribution in [3.63, 3.8) is 0 Å². The van der Waals surface area contributed by atoms with Crippen LogP contribution in [0.1, 0.15) is 44.5 Å². The molecule has 0 aliphatic rings. The maximum atomic E-state index is 5.93. The number of nitrogens with zero attached hydrogens (tertiary/aromatic N) is 2. The van der Waals surface area contributed by atoms with E-state index in [-0.39, 0.29) is 11.6 Å². The van der Waals surface area contributed by atoms with Crippen molar-refractivity contribution >= 4 is 29.0 Å². The van der Waals surface area contributed by atoms with Gasteiger partial charge in [-0.3, -0.25) is 0 Å². The molecule has 7 heteroatoms. The fraction of sp³-hybridized carbons (Fsp3) is 0.538. The Morgan fingerprint density at radius 3 is 2.70 bits per heavy atom. The first-order valence-corrected chi connectivity index (χ1v) is 7.62. The zero-order chi connectivity index (χ0) is 14.8. The molecule has 0 aromatic carbocycles. The van der Waals surface area contributed by atoms with Gasteiger partial charge in [0.15, 0.2) is 0 Å². The second kappa shape index (κ2) is 6.11. The lowest BCUT2D eigenvalue weighted by Gasteiger charge is -2.18. The predicted molar refractivity (Wildman–Crippen MR) is 82.3 cm³/mol. The van der Waals surface area contributed by atoms with Crippen molar-refractivity contribution in [3.05, 3.63) is 27.2 Å². The number of thiophene rings is 1. The Labute approximate surface area is 127 Å². The van der Waals surface area contributed by atoms with Crippen LogP contribution >= 0.6 is 22.9 Å². The van der Waals surface area contributed by atoms with E-state index in [0.717, 1.165) is 9.21 Å². The first-order chi connectivity index (χ1) is 9.33. The van der Waals surface area contributed by atoms with E-state index in [0.29, 0.717) is 18.5 Å². The molecule has 2 heterocycles. The van der Waals surface area contributed by atoms with Gasteiger partial charge in [0.05, 0.1) is 16.9 Å². The summed E-state index contributed by atoms with van der Waals surface area (Å²) in [6.45, 7) is 8.85. The molecule has 2 aromatic heterocycles. The molecule has 0 saturated heterocycles. The number of hydrogen-bond donors (Lipinski definition) is 2. The minimum atomic E-state index is 0.0169. The zero-order valence-corrected chi connectivity index (χ0v) is 13.6. The Bertz CT molecular complexity index is 561. The highest BCUT2D eigenvalue weighted by Gasteiger charge is 2.14. The Hall–Kier alpha value is -1.11.